The number of carbonyl (C=O) groups is 1. The van der Waals surface area contributed by atoms with Gasteiger partial charge in [-0.05, 0) is 12.5 Å². The zero-order valence-corrected chi connectivity index (χ0v) is 18.1. The van der Waals surface area contributed by atoms with E-state index in [1.54, 1.807) is 12.4 Å². The summed E-state index contributed by atoms with van der Waals surface area (Å²) in [6, 6.07) is 0.0395. The van der Waals surface area contributed by atoms with Gasteiger partial charge in [0.25, 0.3) is 0 Å². The molecule has 10 nitrogen and oxygen atoms in total. The highest BCUT2D eigenvalue weighted by Crippen LogP contribution is 2.27. The summed E-state index contributed by atoms with van der Waals surface area (Å²) in [6.07, 6.45) is 7.38. The molecule has 2 aliphatic rings. The number of aromatic nitrogens is 4. The Bertz CT molecular complexity index is 914. The predicted molar refractivity (Wildman–Crippen MR) is 119 cm³/mol. The van der Waals surface area contributed by atoms with Crippen molar-refractivity contribution in [1.29, 1.82) is 0 Å². The molecule has 2 aliphatic heterocycles. The minimum atomic E-state index is -0.173. The molecule has 0 bridgehead atoms. The minimum absolute atomic E-state index is 0.0395. The second-order valence-corrected chi connectivity index (χ2v) is 7.99. The molecule has 4 rings (SSSR count). The van der Waals surface area contributed by atoms with E-state index in [0.717, 1.165) is 58.0 Å². The first-order valence-corrected chi connectivity index (χ1v) is 10.8. The molecule has 2 N–H and O–H groups in total. The molecule has 2 aromatic rings. The van der Waals surface area contributed by atoms with Crippen molar-refractivity contribution >= 4 is 35.0 Å². The number of amides is 1. The highest BCUT2D eigenvalue weighted by Gasteiger charge is 2.26. The topological polar surface area (TPSA) is 100 Å². The average molecular weight is 447 g/mol. The second-order valence-electron chi connectivity index (χ2n) is 7.58. The molecule has 0 spiro atoms. The molecule has 0 radical (unpaired) electrons. The van der Waals surface area contributed by atoms with Gasteiger partial charge in [-0.25, -0.2) is 4.98 Å². The second kappa shape index (κ2) is 10.1. The number of ether oxygens (including phenoxy) is 1. The largest absolute Gasteiger partial charge is 0.379 e. The van der Waals surface area contributed by atoms with Crippen molar-refractivity contribution in [2.75, 3.05) is 56.2 Å². The van der Waals surface area contributed by atoms with E-state index in [9.17, 15) is 4.79 Å². The van der Waals surface area contributed by atoms with Crippen LogP contribution in [0.25, 0.3) is 0 Å². The van der Waals surface area contributed by atoms with Crippen LogP contribution in [0.1, 0.15) is 6.42 Å². The number of hydrogen-bond acceptors (Lipinski definition) is 8. The Hall–Kier alpha value is -2.69. The monoisotopic (exact) mass is 446 g/mol. The van der Waals surface area contributed by atoms with E-state index in [-0.39, 0.29) is 11.9 Å². The molecule has 31 heavy (non-hydrogen) atoms. The highest BCUT2D eigenvalue weighted by molar-refractivity contribution is 6.32. The van der Waals surface area contributed by atoms with Crippen molar-refractivity contribution < 1.29 is 9.53 Å². The lowest BCUT2D eigenvalue weighted by Gasteiger charge is -2.26. The molecule has 0 saturated carbocycles. The van der Waals surface area contributed by atoms with E-state index in [2.05, 4.69) is 42.1 Å². The van der Waals surface area contributed by atoms with Crippen molar-refractivity contribution in [2.24, 2.45) is 0 Å². The molecule has 166 valence electrons. The third-order valence-corrected chi connectivity index (χ3v) is 5.65. The van der Waals surface area contributed by atoms with Gasteiger partial charge in [-0.2, -0.15) is 10.1 Å². The lowest BCUT2D eigenvalue weighted by molar-refractivity contribution is -0.117. The van der Waals surface area contributed by atoms with Crippen molar-refractivity contribution in [3.63, 3.8) is 0 Å². The summed E-state index contributed by atoms with van der Waals surface area (Å²) in [5.41, 5.74) is 0.813. The summed E-state index contributed by atoms with van der Waals surface area (Å²) in [6.45, 7) is 10.1. The van der Waals surface area contributed by atoms with Crippen molar-refractivity contribution in [3.05, 3.63) is 36.3 Å². The molecule has 1 amide bonds. The Labute approximate surface area is 186 Å². The average Bonchev–Trinajstić information content (AvgIpc) is 3.44. The summed E-state index contributed by atoms with van der Waals surface area (Å²) in [7, 11) is 0. The molecule has 2 fully saturated rings. The zero-order valence-electron chi connectivity index (χ0n) is 17.3. The van der Waals surface area contributed by atoms with Gasteiger partial charge in [0.1, 0.15) is 5.02 Å². The van der Waals surface area contributed by atoms with Gasteiger partial charge < -0.3 is 20.3 Å². The lowest BCUT2D eigenvalue weighted by atomic mass is 10.2. The van der Waals surface area contributed by atoms with Crippen molar-refractivity contribution in [1.82, 2.24) is 30.0 Å². The molecular formula is C20H27ClN8O2. The standard InChI is InChI=1S/C20H27ClN8O2/c1-2-18(30)24-15-3-4-28(13-15)19-17(21)12-22-20(26-19)25-16-11-23-29(14-16)6-5-27-7-9-31-10-8-27/h2,11-12,14-15H,1,3-10,13H2,(H,24,30)(H,22,25,26)/t15-/m1/s1. The number of nitrogens with one attached hydrogen (secondary N) is 2. The maximum atomic E-state index is 11.5. The van der Waals surface area contributed by atoms with Gasteiger partial charge in [0.05, 0.1) is 37.8 Å². The first-order valence-electron chi connectivity index (χ1n) is 10.4. The smallest absolute Gasteiger partial charge is 0.243 e. The molecule has 0 aliphatic carbocycles. The van der Waals surface area contributed by atoms with Crippen LogP contribution in [0.15, 0.2) is 31.2 Å². The number of anilines is 3. The van der Waals surface area contributed by atoms with Crippen LogP contribution in [0, 0.1) is 0 Å². The van der Waals surface area contributed by atoms with E-state index < -0.39 is 0 Å². The van der Waals surface area contributed by atoms with Crippen LogP contribution >= 0.6 is 11.6 Å². The van der Waals surface area contributed by atoms with Crippen LogP contribution in [-0.4, -0.2) is 82.5 Å². The van der Waals surface area contributed by atoms with E-state index >= 15 is 0 Å². The van der Waals surface area contributed by atoms with Gasteiger partial charge in [0.2, 0.25) is 11.9 Å². The van der Waals surface area contributed by atoms with Crippen LogP contribution in [-0.2, 0) is 16.1 Å². The maximum absolute atomic E-state index is 11.5. The summed E-state index contributed by atoms with van der Waals surface area (Å²) in [5.74, 6) is 0.925. The number of halogens is 1. The van der Waals surface area contributed by atoms with Gasteiger partial charge in [0, 0.05) is 45.0 Å². The molecule has 2 aromatic heterocycles. The number of morpholine rings is 1. The fourth-order valence-electron chi connectivity index (χ4n) is 3.72. The number of hydrogen-bond donors (Lipinski definition) is 2. The molecule has 2 saturated heterocycles. The van der Waals surface area contributed by atoms with Crippen LogP contribution in [0.2, 0.25) is 5.02 Å². The van der Waals surface area contributed by atoms with Crippen LogP contribution in [0.4, 0.5) is 17.5 Å². The Balaban J connectivity index is 1.35. The number of carbonyl (C=O) groups excluding carboxylic acids is 1. The van der Waals surface area contributed by atoms with Crippen molar-refractivity contribution in [2.45, 2.75) is 19.0 Å². The molecule has 1 atom stereocenters. The van der Waals surface area contributed by atoms with Crippen molar-refractivity contribution in [3.8, 4) is 0 Å². The Morgan fingerprint density at radius 3 is 2.94 bits per heavy atom. The third kappa shape index (κ3) is 5.72. The normalized spacial score (nSPS) is 19.4. The summed E-state index contributed by atoms with van der Waals surface area (Å²) in [5, 5.41) is 11.0. The molecule has 0 unspecified atom stereocenters. The molecule has 4 heterocycles. The molecule has 0 aromatic carbocycles. The first-order chi connectivity index (χ1) is 15.1. The zero-order chi connectivity index (χ0) is 21.6. The molecular weight excluding hydrogens is 420 g/mol. The lowest BCUT2D eigenvalue weighted by Crippen LogP contribution is -2.38. The number of rotatable bonds is 8. The van der Waals surface area contributed by atoms with Crippen LogP contribution in [0.3, 0.4) is 0 Å². The highest BCUT2D eigenvalue weighted by atomic mass is 35.5. The predicted octanol–water partition coefficient (Wildman–Crippen LogP) is 1.28. The number of nitrogens with zero attached hydrogens (tertiary/aromatic N) is 6. The Kier molecular flexibility index (Phi) is 7.00. The van der Waals surface area contributed by atoms with Gasteiger partial charge in [-0.15, -0.1) is 0 Å². The van der Waals surface area contributed by atoms with Gasteiger partial charge in [0.15, 0.2) is 5.82 Å². The van der Waals surface area contributed by atoms with Gasteiger partial charge in [-0.3, -0.25) is 14.4 Å². The first kappa shape index (κ1) is 21.5. The Morgan fingerprint density at radius 2 is 2.13 bits per heavy atom. The third-order valence-electron chi connectivity index (χ3n) is 5.38. The van der Waals surface area contributed by atoms with E-state index in [1.165, 1.54) is 6.08 Å². The van der Waals surface area contributed by atoms with Crippen LogP contribution in [0.5, 0.6) is 0 Å². The van der Waals surface area contributed by atoms with E-state index in [4.69, 9.17) is 16.3 Å². The van der Waals surface area contributed by atoms with E-state index in [0.29, 0.717) is 23.3 Å². The SMILES string of the molecule is C=CC(=O)N[C@@H]1CCN(c2nc(Nc3cnn(CCN4CCOCC4)c3)ncc2Cl)C1. The maximum Gasteiger partial charge on any atom is 0.243 e. The van der Waals surface area contributed by atoms with Gasteiger partial charge >= 0.3 is 0 Å². The Morgan fingerprint density at radius 1 is 1.29 bits per heavy atom. The van der Waals surface area contributed by atoms with Gasteiger partial charge in [-0.1, -0.05) is 18.2 Å². The minimum Gasteiger partial charge on any atom is -0.379 e. The quantitative estimate of drug-likeness (QED) is 0.585. The summed E-state index contributed by atoms with van der Waals surface area (Å²) < 4.78 is 7.29. The molecule has 11 heteroatoms. The van der Waals surface area contributed by atoms with Crippen LogP contribution < -0.4 is 15.5 Å². The summed E-state index contributed by atoms with van der Waals surface area (Å²) >= 11 is 6.35. The fraction of sp³-hybridized carbons (Fsp3) is 0.500. The summed E-state index contributed by atoms with van der Waals surface area (Å²) in [4.78, 5) is 24.9. The fourth-order valence-corrected chi connectivity index (χ4v) is 3.93. The van der Waals surface area contributed by atoms with E-state index in [1.807, 2.05) is 10.9 Å².